The lowest BCUT2D eigenvalue weighted by atomic mass is 9.94. The minimum atomic E-state index is -1.43. The summed E-state index contributed by atoms with van der Waals surface area (Å²) in [6, 6.07) is 0. The van der Waals surface area contributed by atoms with Crippen molar-refractivity contribution in [2.24, 2.45) is 11.8 Å². The van der Waals surface area contributed by atoms with Gasteiger partial charge in [-0.25, -0.2) is 8.78 Å². The third-order valence-corrected chi connectivity index (χ3v) is 3.07. The minimum absolute atomic E-state index is 0.232. The monoisotopic (exact) mass is 190 g/mol. The molecule has 0 aromatic heterocycles. The van der Waals surface area contributed by atoms with Gasteiger partial charge in [0.15, 0.2) is 0 Å². The molecule has 4 heteroatoms. The fourth-order valence-electron chi connectivity index (χ4n) is 2.51. The van der Waals surface area contributed by atoms with Crippen LogP contribution in [0.1, 0.15) is 19.8 Å². The molecule has 2 rings (SSSR count). The Morgan fingerprint density at radius 1 is 1.31 bits per heavy atom. The Morgan fingerprint density at radius 3 is 2.46 bits per heavy atom. The molecule has 0 heterocycles. The van der Waals surface area contributed by atoms with Crippen molar-refractivity contribution < 1.29 is 18.3 Å². The van der Waals surface area contributed by atoms with Gasteiger partial charge in [0, 0.05) is 12.8 Å². The first-order chi connectivity index (χ1) is 6.09. The molecule has 0 aliphatic heterocycles. The highest BCUT2D eigenvalue weighted by atomic mass is 19.2. The summed E-state index contributed by atoms with van der Waals surface area (Å²) in [5.41, 5.74) is 0. The summed E-state index contributed by atoms with van der Waals surface area (Å²) in [6.07, 6.45) is -2.13. The van der Waals surface area contributed by atoms with Gasteiger partial charge < -0.3 is 4.74 Å². The number of hydrogen-bond acceptors (Lipinski definition) is 2. The van der Waals surface area contributed by atoms with Gasteiger partial charge in [0.2, 0.25) is 0 Å². The van der Waals surface area contributed by atoms with E-state index in [9.17, 15) is 13.6 Å². The van der Waals surface area contributed by atoms with Crippen LogP contribution in [0.5, 0.6) is 0 Å². The molecule has 0 amide bonds. The Balaban J connectivity index is 2.02. The zero-order chi connectivity index (χ0) is 9.59. The number of esters is 1. The number of carbonyl (C=O) groups excluding carboxylic acids is 1. The second kappa shape index (κ2) is 2.93. The van der Waals surface area contributed by atoms with Crippen molar-refractivity contribution in [2.45, 2.75) is 38.2 Å². The third kappa shape index (κ3) is 1.32. The standard InChI is InChI=1S/C9H12F2O2/c1-4(12)13-7-3-5-2-6(7)9(11)8(5)10/h5-9H,2-3H2,1H3/t5-,6+,7-,8-,9+/m0/s1. The van der Waals surface area contributed by atoms with Crippen molar-refractivity contribution in [3.8, 4) is 0 Å². The highest BCUT2D eigenvalue weighted by Crippen LogP contribution is 2.49. The SMILES string of the molecule is CC(=O)O[C@H]1C[C@@H]2C[C@H]1[C@@H](F)[C@H]2F. The molecule has 0 spiro atoms. The van der Waals surface area contributed by atoms with Crippen molar-refractivity contribution in [3.05, 3.63) is 0 Å². The van der Waals surface area contributed by atoms with Crippen LogP contribution in [0.3, 0.4) is 0 Å². The number of alkyl halides is 2. The van der Waals surface area contributed by atoms with Crippen molar-refractivity contribution in [1.82, 2.24) is 0 Å². The molecule has 2 nitrogen and oxygen atoms in total. The molecular formula is C9H12F2O2. The van der Waals surface area contributed by atoms with Gasteiger partial charge in [-0.1, -0.05) is 0 Å². The third-order valence-electron chi connectivity index (χ3n) is 3.07. The summed E-state index contributed by atoms with van der Waals surface area (Å²) in [4.78, 5) is 10.6. The predicted octanol–water partition coefficient (Wildman–Crippen LogP) is 1.63. The number of rotatable bonds is 1. The first kappa shape index (κ1) is 8.91. The summed E-state index contributed by atoms with van der Waals surface area (Å²) < 4.78 is 31.1. The van der Waals surface area contributed by atoms with Crippen LogP contribution in [0, 0.1) is 11.8 Å². The molecule has 0 saturated heterocycles. The zero-order valence-corrected chi connectivity index (χ0v) is 7.37. The number of fused-ring (bicyclic) bond motifs is 2. The summed E-state index contributed by atoms with van der Waals surface area (Å²) in [6.45, 7) is 1.30. The van der Waals surface area contributed by atoms with Gasteiger partial charge in [-0.15, -0.1) is 0 Å². The molecule has 74 valence electrons. The molecule has 2 fully saturated rings. The number of hydrogen-bond donors (Lipinski definition) is 0. The number of halogens is 2. The largest absolute Gasteiger partial charge is 0.462 e. The molecule has 0 aromatic carbocycles. The van der Waals surface area contributed by atoms with E-state index in [0.717, 1.165) is 0 Å². The van der Waals surface area contributed by atoms with E-state index >= 15 is 0 Å². The van der Waals surface area contributed by atoms with Gasteiger partial charge in [0.1, 0.15) is 18.4 Å². The number of ether oxygens (including phenoxy) is 1. The first-order valence-electron chi connectivity index (χ1n) is 4.55. The fourth-order valence-corrected chi connectivity index (χ4v) is 2.51. The molecule has 2 aliphatic rings. The maximum atomic E-state index is 13.1. The summed E-state index contributed by atoms with van der Waals surface area (Å²) in [5, 5.41) is 0. The first-order valence-corrected chi connectivity index (χ1v) is 4.55. The number of carbonyl (C=O) groups is 1. The summed E-state index contributed by atoms with van der Waals surface area (Å²) in [7, 11) is 0. The van der Waals surface area contributed by atoms with Gasteiger partial charge in [-0.05, 0) is 18.8 Å². The van der Waals surface area contributed by atoms with E-state index in [1.165, 1.54) is 6.92 Å². The zero-order valence-electron chi connectivity index (χ0n) is 7.37. The van der Waals surface area contributed by atoms with Crippen molar-refractivity contribution in [1.29, 1.82) is 0 Å². The maximum Gasteiger partial charge on any atom is 0.302 e. The molecule has 2 bridgehead atoms. The molecule has 0 N–H and O–H groups in total. The molecule has 13 heavy (non-hydrogen) atoms. The quantitative estimate of drug-likeness (QED) is 0.587. The van der Waals surface area contributed by atoms with Gasteiger partial charge in [0.25, 0.3) is 0 Å². The highest BCUT2D eigenvalue weighted by molar-refractivity contribution is 5.66. The molecule has 5 atom stereocenters. The molecule has 2 saturated carbocycles. The average molecular weight is 190 g/mol. The fraction of sp³-hybridized carbons (Fsp3) is 0.889. The van der Waals surface area contributed by atoms with E-state index in [-0.39, 0.29) is 12.0 Å². The molecular weight excluding hydrogens is 178 g/mol. The van der Waals surface area contributed by atoms with Crippen molar-refractivity contribution >= 4 is 5.97 Å². The van der Waals surface area contributed by atoms with Crippen LogP contribution in [-0.2, 0) is 9.53 Å². The van der Waals surface area contributed by atoms with E-state index in [2.05, 4.69) is 0 Å². The van der Waals surface area contributed by atoms with E-state index in [1.807, 2.05) is 0 Å². The predicted molar refractivity (Wildman–Crippen MR) is 41.6 cm³/mol. The van der Waals surface area contributed by atoms with E-state index in [1.54, 1.807) is 0 Å². The Kier molecular flexibility index (Phi) is 2.00. The topological polar surface area (TPSA) is 26.3 Å². The second-order valence-corrected chi connectivity index (χ2v) is 3.93. The molecule has 0 radical (unpaired) electrons. The second-order valence-electron chi connectivity index (χ2n) is 3.93. The lowest BCUT2D eigenvalue weighted by molar-refractivity contribution is -0.151. The van der Waals surface area contributed by atoms with Crippen LogP contribution < -0.4 is 0 Å². The van der Waals surface area contributed by atoms with Gasteiger partial charge in [0.05, 0.1) is 0 Å². The summed E-state index contributed by atoms with van der Waals surface area (Å²) in [5.74, 6) is -1.03. The van der Waals surface area contributed by atoms with Crippen LogP contribution in [0.15, 0.2) is 0 Å². The maximum absolute atomic E-state index is 13.1. The Hall–Kier alpha value is -0.670. The van der Waals surface area contributed by atoms with Crippen LogP contribution in [0.2, 0.25) is 0 Å². The van der Waals surface area contributed by atoms with E-state index in [0.29, 0.717) is 12.8 Å². The lowest BCUT2D eigenvalue weighted by Crippen LogP contribution is -2.36. The normalized spacial score (nSPS) is 48.1. The molecule has 0 unspecified atom stereocenters. The molecule has 0 aromatic rings. The van der Waals surface area contributed by atoms with Crippen LogP contribution in [-0.4, -0.2) is 24.4 Å². The lowest BCUT2D eigenvalue weighted by Gasteiger charge is -2.26. The van der Waals surface area contributed by atoms with Crippen molar-refractivity contribution in [2.75, 3.05) is 0 Å². The van der Waals surface area contributed by atoms with Crippen LogP contribution >= 0.6 is 0 Å². The van der Waals surface area contributed by atoms with Gasteiger partial charge >= 0.3 is 5.97 Å². The highest BCUT2D eigenvalue weighted by Gasteiger charge is 2.55. The van der Waals surface area contributed by atoms with Crippen LogP contribution in [0.25, 0.3) is 0 Å². The Morgan fingerprint density at radius 2 is 2.00 bits per heavy atom. The smallest absolute Gasteiger partial charge is 0.302 e. The Bertz CT molecular complexity index is 230. The Labute approximate surface area is 75.3 Å². The van der Waals surface area contributed by atoms with E-state index in [4.69, 9.17) is 4.74 Å². The van der Waals surface area contributed by atoms with Crippen LogP contribution in [0.4, 0.5) is 8.78 Å². The molecule has 2 aliphatic carbocycles. The average Bonchev–Trinajstić information content (AvgIpc) is 2.53. The van der Waals surface area contributed by atoms with E-state index < -0.39 is 24.2 Å². The van der Waals surface area contributed by atoms with Gasteiger partial charge in [-0.2, -0.15) is 0 Å². The summed E-state index contributed by atoms with van der Waals surface area (Å²) >= 11 is 0. The van der Waals surface area contributed by atoms with Gasteiger partial charge in [-0.3, -0.25) is 4.79 Å². The minimum Gasteiger partial charge on any atom is -0.462 e. The van der Waals surface area contributed by atoms with Crippen molar-refractivity contribution in [3.63, 3.8) is 0 Å².